The number of morpholine rings is 1. The molecule has 34 heavy (non-hydrogen) atoms. The first-order valence-electron chi connectivity index (χ1n) is 11.1. The first kappa shape index (κ1) is 26.0. The smallest absolute Gasteiger partial charge is 0.266 e. The van der Waals surface area contributed by atoms with Crippen LogP contribution in [0.25, 0.3) is 10.2 Å². The standard InChI is InChI=1S/C24H29N3O5S.ClH/c1-3-31-18-4-6-19(7-5-18)32-17-23(28)27(11-10-26-12-14-30-15-13-26)24-25-21-16-20(29-2)8-9-22(21)33-24;/h4-9,16H,3,10-15,17H2,1-2H3;1H. The summed E-state index contributed by atoms with van der Waals surface area (Å²) in [7, 11) is 1.63. The number of ether oxygens (including phenoxy) is 4. The van der Waals surface area contributed by atoms with E-state index in [0.29, 0.717) is 24.0 Å². The summed E-state index contributed by atoms with van der Waals surface area (Å²) in [6.07, 6.45) is 0. The predicted octanol–water partition coefficient (Wildman–Crippen LogP) is 3.87. The molecule has 1 amide bonds. The molecule has 184 valence electrons. The first-order chi connectivity index (χ1) is 16.2. The Morgan fingerprint density at radius 2 is 1.76 bits per heavy atom. The lowest BCUT2D eigenvalue weighted by Gasteiger charge is -2.29. The molecular formula is C24H30ClN3O5S. The monoisotopic (exact) mass is 507 g/mol. The summed E-state index contributed by atoms with van der Waals surface area (Å²) in [5, 5.41) is 0.659. The van der Waals surface area contributed by atoms with Crippen LogP contribution in [0.15, 0.2) is 42.5 Å². The van der Waals surface area contributed by atoms with Crippen LogP contribution in [0.1, 0.15) is 6.92 Å². The molecule has 2 heterocycles. The molecular weight excluding hydrogens is 478 g/mol. The number of fused-ring (bicyclic) bond motifs is 1. The Labute approximate surface area is 209 Å². The highest BCUT2D eigenvalue weighted by Gasteiger charge is 2.22. The van der Waals surface area contributed by atoms with E-state index in [1.807, 2.05) is 37.3 Å². The van der Waals surface area contributed by atoms with Gasteiger partial charge >= 0.3 is 0 Å². The molecule has 0 radical (unpaired) electrons. The summed E-state index contributed by atoms with van der Waals surface area (Å²) in [5.74, 6) is 2.00. The lowest BCUT2D eigenvalue weighted by atomic mass is 10.3. The van der Waals surface area contributed by atoms with Crippen LogP contribution in [0.4, 0.5) is 5.13 Å². The van der Waals surface area contributed by atoms with E-state index < -0.39 is 0 Å². The summed E-state index contributed by atoms with van der Waals surface area (Å²) in [6, 6.07) is 13.0. The van der Waals surface area contributed by atoms with E-state index in [1.165, 1.54) is 11.3 Å². The summed E-state index contributed by atoms with van der Waals surface area (Å²) in [5.41, 5.74) is 0.811. The number of hydrogen-bond acceptors (Lipinski definition) is 8. The van der Waals surface area contributed by atoms with Crippen molar-refractivity contribution >= 4 is 45.0 Å². The average molecular weight is 508 g/mol. The van der Waals surface area contributed by atoms with E-state index in [1.54, 1.807) is 24.1 Å². The zero-order chi connectivity index (χ0) is 23.0. The molecule has 0 saturated carbocycles. The van der Waals surface area contributed by atoms with Crippen molar-refractivity contribution in [3.8, 4) is 17.2 Å². The van der Waals surface area contributed by atoms with Crippen LogP contribution in [0.5, 0.6) is 17.2 Å². The third kappa shape index (κ3) is 6.73. The number of halogens is 1. The normalized spacial score (nSPS) is 13.8. The van der Waals surface area contributed by atoms with Gasteiger partial charge in [0.05, 0.1) is 37.1 Å². The third-order valence-electron chi connectivity index (χ3n) is 5.36. The van der Waals surface area contributed by atoms with Gasteiger partial charge in [-0.25, -0.2) is 4.98 Å². The van der Waals surface area contributed by atoms with Crippen molar-refractivity contribution in [2.45, 2.75) is 6.92 Å². The number of nitrogens with zero attached hydrogens (tertiary/aromatic N) is 3. The van der Waals surface area contributed by atoms with E-state index >= 15 is 0 Å². The number of amides is 1. The molecule has 2 aromatic carbocycles. The second-order valence-electron chi connectivity index (χ2n) is 7.52. The van der Waals surface area contributed by atoms with Gasteiger partial charge in [-0.1, -0.05) is 11.3 Å². The number of hydrogen-bond donors (Lipinski definition) is 0. The summed E-state index contributed by atoms with van der Waals surface area (Å²) < 4.78 is 23.0. The van der Waals surface area contributed by atoms with Crippen LogP contribution < -0.4 is 19.1 Å². The van der Waals surface area contributed by atoms with Gasteiger partial charge in [0, 0.05) is 32.2 Å². The number of methoxy groups -OCH3 is 1. The lowest BCUT2D eigenvalue weighted by molar-refractivity contribution is -0.120. The Balaban J connectivity index is 0.00000324. The zero-order valence-corrected chi connectivity index (χ0v) is 21.0. The zero-order valence-electron chi connectivity index (χ0n) is 19.4. The number of anilines is 1. The van der Waals surface area contributed by atoms with Gasteiger partial charge in [0.15, 0.2) is 11.7 Å². The number of aromatic nitrogens is 1. The van der Waals surface area contributed by atoms with Crippen molar-refractivity contribution in [3.05, 3.63) is 42.5 Å². The van der Waals surface area contributed by atoms with Gasteiger partial charge in [0.25, 0.3) is 5.91 Å². The maximum absolute atomic E-state index is 13.2. The fourth-order valence-electron chi connectivity index (χ4n) is 3.55. The number of carbonyl (C=O) groups excluding carboxylic acids is 1. The molecule has 1 saturated heterocycles. The molecule has 10 heteroatoms. The van der Waals surface area contributed by atoms with Gasteiger partial charge < -0.3 is 18.9 Å². The Kier molecular flexibility index (Phi) is 9.76. The van der Waals surface area contributed by atoms with E-state index in [-0.39, 0.29) is 24.9 Å². The SMILES string of the molecule is CCOc1ccc(OCC(=O)N(CCN2CCOCC2)c2nc3cc(OC)ccc3s2)cc1.Cl. The molecule has 0 bridgehead atoms. The van der Waals surface area contributed by atoms with E-state index in [0.717, 1.165) is 54.6 Å². The molecule has 1 aromatic heterocycles. The van der Waals surface area contributed by atoms with Crippen LogP contribution in [-0.4, -0.2) is 75.5 Å². The van der Waals surface area contributed by atoms with Crippen LogP contribution >= 0.6 is 23.7 Å². The summed E-state index contributed by atoms with van der Waals surface area (Å²) in [6.45, 7) is 6.91. The number of carbonyl (C=O) groups is 1. The van der Waals surface area contributed by atoms with Crippen molar-refractivity contribution < 1.29 is 23.7 Å². The molecule has 1 fully saturated rings. The maximum atomic E-state index is 13.2. The molecule has 0 spiro atoms. The third-order valence-corrected chi connectivity index (χ3v) is 6.42. The minimum absolute atomic E-state index is 0. The topological polar surface area (TPSA) is 73.4 Å². The molecule has 4 rings (SSSR count). The molecule has 0 unspecified atom stereocenters. The second-order valence-corrected chi connectivity index (χ2v) is 8.53. The summed E-state index contributed by atoms with van der Waals surface area (Å²) in [4.78, 5) is 22.0. The Bertz CT molecular complexity index is 1060. The molecule has 0 N–H and O–H groups in total. The Hall–Kier alpha value is -2.59. The van der Waals surface area contributed by atoms with E-state index in [9.17, 15) is 4.79 Å². The van der Waals surface area contributed by atoms with Crippen LogP contribution in [-0.2, 0) is 9.53 Å². The van der Waals surface area contributed by atoms with Gasteiger partial charge in [-0.15, -0.1) is 12.4 Å². The fraction of sp³-hybridized carbons (Fsp3) is 0.417. The van der Waals surface area contributed by atoms with Crippen LogP contribution in [0, 0.1) is 0 Å². The Morgan fingerprint density at radius 3 is 2.44 bits per heavy atom. The quantitative estimate of drug-likeness (QED) is 0.412. The highest BCUT2D eigenvalue weighted by molar-refractivity contribution is 7.22. The molecule has 1 aliphatic rings. The highest BCUT2D eigenvalue weighted by Crippen LogP contribution is 2.31. The van der Waals surface area contributed by atoms with Crippen molar-refractivity contribution in [2.24, 2.45) is 0 Å². The lowest BCUT2D eigenvalue weighted by Crippen LogP contribution is -2.44. The van der Waals surface area contributed by atoms with Crippen LogP contribution in [0.3, 0.4) is 0 Å². The van der Waals surface area contributed by atoms with Gasteiger partial charge in [-0.2, -0.15) is 0 Å². The molecule has 0 atom stereocenters. The summed E-state index contributed by atoms with van der Waals surface area (Å²) >= 11 is 1.49. The first-order valence-corrected chi connectivity index (χ1v) is 11.9. The second kappa shape index (κ2) is 12.8. The van der Waals surface area contributed by atoms with Gasteiger partial charge in [0.1, 0.15) is 17.2 Å². The minimum atomic E-state index is -0.136. The van der Waals surface area contributed by atoms with Crippen LogP contribution in [0.2, 0.25) is 0 Å². The number of benzene rings is 2. The van der Waals surface area contributed by atoms with Crippen molar-refractivity contribution in [1.29, 1.82) is 0 Å². The van der Waals surface area contributed by atoms with Gasteiger partial charge in [0.2, 0.25) is 0 Å². The molecule has 3 aromatic rings. The molecule has 8 nitrogen and oxygen atoms in total. The Morgan fingerprint density at radius 1 is 1.09 bits per heavy atom. The van der Waals surface area contributed by atoms with Crippen molar-refractivity contribution in [2.75, 3.05) is 64.6 Å². The van der Waals surface area contributed by atoms with Gasteiger partial charge in [-0.3, -0.25) is 14.6 Å². The molecule has 1 aliphatic heterocycles. The largest absolute Gasteiger partial charge is 0.497 e. The van der Waals surface area contributed by atoms with Crippen molar-refractivity contribution in [3.63, 3.8) is 0 Å². The fourth-order valence-corrected chi connectivity index (χ4v) is 4.54. The number of thiazole rings is 1. The van der Waals surface area contributed by atoms with Crippen molar-refractivity contribution in [1.82, 2.24) is 9.88 Å². The maximum Gasteiger partial charge on any atom is 0.266 e. The van der Waals surface area contributed by atoms with E-state index in [2.05, 4.69) is 4.90 Å². The number of rotatable bonds is 10. The predicted molar refractivity (Wildman–Crippen MR) is 136 cm³/mol. The van der Waals surface area contributed by atoms with E-state index in [4.69, 9.17) is 23.9 Å². The van der Waals surface area contributed by atoms with Gasteiger partial charge in [-0.05, 0) is 43.3 Å². The highest BCUT2D eigenvalue weighted by atomic mass is 35.5. The average Bonchev–Trinajstić information content (AvgIpc) is 3.27. The molecule has 0 aliphatic carbocycles. The minimum Gasteiger partial charge on any atom is -0.497 e.